The van der Waals surface area contributed by atoms with Crippen molar-refractivity contribution >= 4 is 0 Å². The first-order valence-electron chi connectivity index (χ1n) is 5.68. The molecule has 1 aliphatic rings. The molecule has 1 aromatic rings. The molecule has 1 aliphatic heterocycles. The first-order valence-corrected chi connectivity index (χ1v) is 5.68. The van der Waals surface area contributed by atoms with Gasteiger partial charge in [0.05, 0.1) is 0 Å². The Labute approximate surface area is 103 Å². The van der Waals surface area contributed by atoms with Crippen molar-refractivity contribution in [3.05, 3.63) is 24.3 Å². The largest absolute Gasteiger partial charge is 0.508 e. The highest BCUT2D eigenvalue weighted by Crippen LogP contribution is 2.41. The predicted molar refractivity (Wildman–Crippen MR) is 59.6 cm³/mol. The maximum absolute atomic E-state index is 13.2. The van der Waals surface area contributed by atoms with Crippen molar-refractivity contribution in [2.24, 2.45) is 0 Å². The molecule has 1 heterocycles. The van der Waals surface area contributed by atoms with Crippen LogP contribution in [0.3, 0.4) is 0 Å². The highest BCUT2D eigenvalue weighted by atomic mass is 19.4. The highest BCUT2D eigenvalue weighted by Gasteiger charge is 2.57. The van der Waals surface area contributed by atoms with Crippen molar-refractivity contribution in [1.82, 2.24) is 5.32 Å². The molecule has 3 nitrogen and oxygen atoms in total. The molecule has 0 aliphatic carbocycles. The van der Waals surface area contributed by atoms with E-state index >= 15 is 0 Å². The van der Waals surface area contributed by atoms with Gasteiger partial charge in [0.1, 0.15) is 11.5 Å². The molecule has 18 heavy (non-hydrogen) atoms. The maximum atomic E-state index is 13.2. The number of alkyl halides is 3. The molecular weight excluding hydrogens is 247 g/mol. The second kappa shape index (κ2) is 4.68. The summed E-state index contributed by atoms with van der Waals surface area (Å²) in [5.74, 6) is -0.0759. The number of hydrogen-bond acceptors (Lipinski definition) is 3. The van der Waals surface area contributed by atoms with E-state index in [0.29, 0.717) is 0 Å². The van der Waals surface area contributed by atoms with Crippen molar-refractivity contribution in [1.29, 1.82) is 0 Å². The van der Waals surface area contributed by atoms with Crippen LogP contribution in [0, 0.1) is 0 Å². The number of hydrogen-bond donors (Lipinski definition) is 2. The summed E-state index contributed by atoms with van der Waals surface area (Å²) < 4.78 is 44.7. The van der Waals surface area contributed by atoms with Gasteiger partial charge in [0.15, 0.2) is 0 Å². The maximum Gasteiger partial charge on any atom is 0.428 e. The van der Waals surface area contributed by atoms with Crippen LogP contribution in [-0.2, 0) is 0 Å². The number of nitrogens with one attached hydrogen (secondary N) is 1. The van der Waals surface area contributed by atoms with E-state index in [1.54, 1.807) is 0 Å². The molecule has 1 aromatic carbocycles. The number of phenols is 1. The van der Waals surface area contributed by atoms with Crippen LogP contribution in [0.2, 0.25) is 0 Å². The first-order chi connectivity index (χ1) is 8.43. The summed E-state index contributed by atoms with van der Waals surface area (Å²) in [4.78, 5) is 0. The Morgan fingerprint density at radius 3 is 2.44 bits per heavy atom. The third-order valence-electron chi connectivity index (χ3n) is 3.06. The summed E-state index contributed by atoms with van der Waals surface area (Å²) in [6.45, 7) is 0.524. The fourth-order valence-corrected chi connectivity index (χ4v) is 2.05. The molecular formula is C12H14F3NO2. The Kier molecular flexibility index (Phi) is 3.38. The first kappa shape index (κ1) is 13.0. The second-order valence-electron chi connectivity index (χ2n) is 4.34. The van der Waals surface area contributed by atoms with Gasteiger partial charge in [-0.25, -0.2) is 0 Å². The standard InChI is InChI=1S/C12H14F3NO2/c13-12(14,15)11(4-6-16-7-5-11)18-10-3-1-2-9(17)8-10/h1-3,8,16-17H,4-7H2. The van der Waals surface area contributed by atoms with E-state index in [4.69, 9.17) is 4.74 Å². The van der Waals surface area contributed by atoms with Gasteiger partial charge in [-0.1, -0.05) is 6.07 Å². The van der Waals surface area contributed by atoms with Gasteiger partial charge < -0.3 is 15.2 Å². The van der Waals surface area contributed by atoms with E-state index < -0.39 is 11.8 Å². The summed E-state index contributed by atoms with van der Waals surface area (Å²) >= 11 is 0. The van der Waals surface area contributed by atoms with Crippen molar-refractivity contribution in [2.75, 3.05) is 13.1 Å². The third-order valence-corrected chi connectivity index (χ3v) is 3.06. The monoisotopic (exact) mass is 261 g/mol. The molecule has 1 fully saturated rings. The molecule has 0 bridgehead atoms. The minimum atomic E-state index is -4.43. The lowest BCUT2D eigenvalue weighted by Crippen LogP contribution is -2.56. The normalized spacial score (nSPS) is 19.5. The van der Waals surface area contributed by atoms with E-state index in [1.807, 2.05) is 0 Å². The molecule has 100 valence electrons. The zero-order chi connectivity index (χ0) is 13.2. The molecule has 2 N–H and O–H groups in total. The van der Waals surface area contributed by atoms with E-state index in [0.717, 1.165) is 0 Å². The average molecular weight is 261 g/mol. The smallest absolute Gasteiger partial charge is 0.428 e. The van der Waals surface area contributed by atoms with E-state index in [9.17, 15) is 18.3 Å². The average Bonchev–Trinajstić information content (AvgIpc) is 2.29. The van der Waals surface area contributed by atoms with Gasteiger partial charge in [0.25, 0.3) is 0 Å². The molecule has 0 aromatic heterocycles. The summed E-state index contributed by atoms with van der Waals surface area (Å²) in [7, 11) is 0. The molecule has 2 rings (SSSR count). The Bertz CT molecular complexity index is 414. The summed E-state index contributed by atoms with van der Waals surface area (Å²) in [5, 5.41) is 12.1. The quantitative estimate of drug-likeness (QED) is 0.859. The predicted octanol–water partition coefficient (Wildman–Crippen LogP) is 2.46. The van der Waals surface area contributed by atoms with Crippen molar-refractivity contribution < 1.29 is 23.0 Å². The number of piperidine rings is 1. The molecule has 6 heteroatoms. The Hall–Kier alpha value is -1.43. The van der Waals surface area contributed by atoms with Gasteiger partial charge in [-0.15, -0.1) is 0 Å². The molecule has 0 amide bonds. The summed E-state index contributed by atoms with van der Waals surface area (Å²) in [6.07, 6.45) is -4.70. The van der Waals surface area contributed by atoms with Crippen LogP contribution in [0.15, 0.2) is 24.3 Å². The lowest BCUT2D eigenvalue weighted by Gasteiger charge is -2.39. The number of halogens is 3. The van der Waals surface area contributed by atoms with Crippen LogP contribution in [0.5, 0.6) is 11.5 Å². The molecule has 0 radical (unpaired) electrons. The van der Waals surface area contributed by atoms with Crippen LogP contribution in [0.25, 0.3) is 0 Å². The second-order valence-corrected chi connectivity index (χ2v) is 4.34. The van der Waals surface area contributed by atoms with Gasteiger partial charge in [-0.2, -0.15) is 13.2 Å². The lowest BCUT2D eigenvalue weighted by molar-refractivity contribution is -0.256. The number of ether oxygens (including phenoxy) is 1. The van der Waals surface area contributed by atoms with Gasteiger partial charge >= 0.3 is 6.18 Å². The number of benzene rings is 1. The Morgan fingerprint density at radius 1 is 1.22 bits per heavy atom. The topological polar surface area (TPSA) is 41.5 Å². The minimum absolute atomic E-state index is 0.0363. The van der Waals surface area contributed by atoms with Crippen LogP contribution < -0.4 is 10.1 Å². The minimum Gasteiger partial charge on any atom is -0.508 e. The summed E-state index contributed by atoms with van der Waals surface area (Å²) in [6, 6.07) is 5.44. The fraction of sp³-hybridized carbons (Fsp3) is 0.500. The van der Waals surface area contributed by atoms with E-state index in [-0.39, 0.29) is 37.4 Å². The zero-order valence-corrected chi connectivity index (χ0v) is 9.63. The molecule has 0 saturated carbocycles. The third kappa shape index (κ3) is 2.53. The van der Waals surface area contributed by atoms with Crippen molar-refractivity contribution in [2.45, 2.75) is 24.6 Å². The van der Waals surface area contributed by atoms with Gasteiger partial charge in [0.2, 0.25) is 5.60 Å². The van der Waals surface area contributed by atoms with Crippen molar-refractivity contribution in [3.63, 3.8) is 0 Å². The SMILES string of the molecule is Oc1cccc(OC2(C(F)(F)F)CCNCC2)c1. The number of rotatable bonds is 2. The lowest BCUT2D eigenvalue weighted by atomic mass is 9.91. The molecule has 0 atom stereocenters. The number of aromatic hydroxyl groups is 1. The molecule has 0 spiro atoms. The number of phenolic OH excluding ortho intramolecular Hbond substituents is 1. The highest BCUT2D eigenvalue weighted by molar-refractivity contribution is 5.32. The fourth-order valence-electron chi connectivity index (χ4n) is 2.05. The summed E-state index contributed by atoms with van der Waals surface area (Å²) in [5.41, 5.74) is -2.16. The van der Waals surface area contributed by atoms with Gasteiger partial charge in [-0.3, -0.25) is 0 Å². The Balaban J connectivity index is 2.25. The van der Waals surface area contributed by atoms with E-state index in [2.05, 4.69) is 5.32 Å². The zero-order valence-electron chi connectivity index (χ0n) is 9.63. The van der Waals surface area contributed by atoms with Crippen molar-refractivity contribution in [3.8, 4) is 11.5 Å². The molecule has 1 saturated heterocycles. The van der Waals surface area contributed by atoms with Gasteiger partial charge in [-0.05, 0) is 25.2 Å². The van der Waals surface area contributed by atoms with Crippen LogP contribution >= 0.6 is 0 Å². The van der Waals surface area contributed by atoms with Crippen LogP contribution in [0.1, 0.15) is 12.8 Å². The van der Waals surface area contributed by atoms with Crippen LogP contribution in [0.4, 0.5) is 13.2 Å². The molecule has 0 unspecified atom stereocenters. The Morgan fingerprint density at radius 2 is 1.89 bits per heavy atom. The van der Waals surface area contributed by atoms with E-state index in [1.165, 1.54) is 24.3 Å². The van der Waals surface area contributed by atoms with Crippen LogP contribution in [-0.4, -0.2) is 30.0 Å². The van der Waals surface area contributed by atoms with Gasteiger partial charge in [0, 0.05) is 18.9 Å².